The summed E-state index contributed by atoms with van der Waals surface area (Å²) in [6.07, 6.45) is 0.135. The number of benzene rings is 2. The second-order valence-electron chi connectivity index (χ2n) is 5.66. The Bertz CT molecular complexity index is 823. The van der Waals surface area contributed by atoms with Crippen molar-refractivity contribution in [3.63, 3.8) is 0 Å². The SMILES string of the molecule is CCOP(=O)(Cc1ccc(NC(=O)c2cccc(SC(F)F)c2)cc1)OCC. The summed E-state index contributed by atoms with van der Waals surface area (Å²) in [4.78, 5) is 12.7. The summed E-state index contributed by atoms with van der Waals surface area (Å²) in [5.74, 6) is -2.95. The quantitative estimate of drug-likeness (QED) is 0.370. The predicted molar refractivity (Wildman–Crippen MR) is 107 cm³/mol. The molecule has 0 atom stereocenters. The molecule has 0 unspecified atom stereocenters. The van der Waals surface area contributed by atoms with Gasteiger partial charge in [-0.3, -0.25) is 9.36 Å². The molecule has 2 rings (SSSR count). The molecule has 0 spiro atoms. The van der Waals surface area contributed by atoms with E-state index in [1.165, 1.54) is 12.1 Å². The van der Waals surface area contributed by atoms with Gasteiger partial charge < -0.3 is 14.4 Å². The summed E-state index contributed by atoms with van der Waals surface area (Å²) >= 11 is 0.388. The fourth-order valence-corrected chi connectivity index (χ4v) is 4.72. The summed E-state index contributed by atoms with van der Waals surface area (Å²) in [5.41, 5.74) is 1.56. The first kappa shape index (κ1) is 22.6. The van der Waals surface area contributed by atoms with E-state index in [0.717, 1.165) is 5.56 Å². The molecule has 0 aliphatic rings. The van der Waals surface area contributed by atoms with Crippen LogP contribution >= 0.6 is 19.4 Å². The van der Waals surface area contributed by atoms with E-state index in [9.17, 15) is 18.1 Å². The standard InChI is InChI=1S/C19H22F2NO4PS/c1-3-25-27(24,26-4-2)13-14-8-10-16(11-9-14)22-18(23)15-6-5-7-17(12-15)28-19(20)21/h5-12,19H,3-4,13H2,1-2H3,(H,22,23). The third-order valence-corrected chi connectivity index (χ3v) is 6.32. The highest BCUT2D eigenvalue weighted by Crippen LogP contribution is 2.51. The zero-order valence-electron chi connectivity index (χ0n) is 15.6. The van der Waals surface area contributed by atoms with Crippen LogP contribution in [0.1, 0.15) is 29.8 Å². The molecule has 1 N–H and O–H groups in total. The van der Waals surface area contributed by atoms with Crippen LogP contribution in [-0.2, 0) is 19.8 Å². The maximum absolute atomic E-state index is 12.6. The number of thioether (sulfide) groups is 1. The molecule has 5 nitrogen and oxygen atoms in total. The zero-order valence-corrected chi connectivity index (χ0v) is 17.3. The molecule has 152 valence electrons. The maximum atomic E-state index is 12.6. The molecule has 28 heavy (non-hydrogen) atoms. The van der Waals surface area contributed by atoms with E-state index < -0.39 is 19.3 Å². The number of anilines is 1. The number of hydrogen-bond acceptors (Lipinski definition) is 5. The van der Waals surface area contributed by atoms with Crippen LogP contribution in [-0.4, -0.2) is 24.9 Å². The van der Waals surface area contributed by atoms with Crippen molar-refractivity contribution < 1.29 is 27.2 Å². The highest BCUT2D eigenvalue weighted by molar-refractivity contribution is 7.99. The summed E-state index contributed by atoms with van der Waals surface area (Å²) < 4.78 is 48.1. The number of hydrogen-bond donors (Lipinski definition) is 1. The molecule has 2 aromatic carbocycles. The molecule has 0 aliphatic heterocycles. The van der Waals surface area contributed by atoms with Crippen molar-refractivity contribution in [3.8, 4) is 0 Å². The van der Waals surface area contributed by atoms with E-state index in [1.54, 1.807) is 50.2 Å². The van der Waals surface area contributed by atoms with Crippen molar-refractivity contribution >= 4 is 31.0 Å². The van der Waals surface area contributed by atoms with Crippen molar-refractivity contribution in [2.75, 3.05) is 18.5 Å². The van der Waals surface area contributed by atoms with Gasteiger partial charge >= 0.3 is 7.60 Å². The van der Waals surface area contributed by atoms with Crippen molar-refractivity contribution in [2.24, 2.45) is 0 Å². The molecular formula is C19H22F2NO4PS. The molecule has 0 aromatic heterocycles. The van der Waals surface area contributed by atoms with Gasteiger partial charge in [-0.25, -0.2) is 0 Å². The van der Waals surface area contributed by atoms with Crippen LogP contribution in [0, 0.1) is 0 Å². The second kappa shape index (κ2) is 10.7. The van der Waals surface area contributed by atoms with E-state index in [4.69, 9.17) is 9.05 Å². The first-order valence-electron chi connectivity index (χ1n) is 8.68. The number of carbonyl (C=O) groups is 1. The fourth-order valence-electron chi connectivity index (χ4n) is 2.46. The summed E-state index contributed by atoms with van der Waals surface area (Å²) in [7, 11) is -3.20. The van der Waals surface area contributed by atoms with Gasteiger partial charge in [0.05, 0.1) is 19.4 Å². The van der Waals surface area contributed by atoms with Crippen LogP contribution in [0.5, 0.6) is 0 Å². The number of halogens is 2. The number of alkyl halides is 2. The smallest absolute Gasteiger partial charge is 0.322 e. The second-order valence-corrected chi connectivity index (χ2v) is 8.78. The van der Waals surface area contributed by atoms with Crippen molar-refractivity contribution in [1.29, 1.82) is 0 Å². The lowest BCUT2D eigenvalue weighted by Gasteiger charge is -2.17. The lowest BCUT2D eigenvalue weighted by atomic mass is 10.2. The van der Waals surface area contributed by atoms with Gasteiger partial charge in [-0.05, 0) is 49.7 Å². The fraction of sp³-hybridized carbons (Fsp3) is 0.316. The lowest BCUT2D eigenvalue weighted by molar-refractivity contribution is 0.102. The van der Waals surface area contributed by atoms with Crippen LogP contribution in [0.15, 0.2) is 53.4 Å². The Morgan fingerprint density at radius 2 is 1.75 bits per heavy atom. The Morgan fingerprint density at radius 3 is 2.32 bits per heavy atom. The van der Waals surface area contributed by atoms with Gasteiger partial charge in [0.1, 0.15) is 0 Å². The van der Waals surface area contributed by atoms with Crippen molar-refractivity contribution in [2.45, 2.75) is 30.7 Å². The lowest BCUT2D eigenvalue weighted by Crippen LogP contribution is -2.11. The van der Waals surface area contributed by atoms with Gasteiger partial charge in [-0.1, -0.05) is 30.0 Å². The minimum atomic E-state index is -3.20. The van der Waals surface area contributed by atoms with E-state index >= 15 is 0 Å². The number of rotatable bonds is 10. The van der Waals surface area contributed by atoms with Crippen LogP contribution in [0.25, 0.3) is 0 Å². The van der Waals surface area contributed by atoms with Gasteiger partial charge in [-0.2, -0.15) is 8.78 Å². The van der Waals surface area contributed by atoms with Crippen LogP contribution in [0.2, 0.25) is 0 Å². The van der Waals surface area contributed by atoms with Gasteiger partial charge in [0.2, 0.25) is 0 Å². The van der Waals surface area contributed by atoms with Crippen LogP contribution < -0.4 is 5.32 Å². The van der Waals surface area contributed by atoms with E-state index in [0.29, 0.717) is 22.3 Å². The third-order valence-electron chi connectivity index (χ3n) is 3.56. The molecule has 0 saturated heterocycles. The van der Waals surface area contributed by atoms with Gasteiger partial charge in [0, 0.05) is 16.1 Å². The minimum absolute atomic E-state index is 0.135. The number of amides is 1. The molecule has 1 amide bonds. The molecule has 0 bridgehead atoms. The van der Waals surface area contributed by atoms with E-state index in [2.05, 4.69) is 5.32 Å². The average molecular weight is 429 g/mol. The Hall–Kier alpha value is -1.73. The average Bonchev–Trinajstić information content (AvgIpc) is 2.63. The Balaban J connectivity index is 2.04. The summed E-state index contributed by atoms with van der Waals surface area (Å²) in [6, 6.07) is 12.9. The van der Waals surface area contributed by atoms with Gasteiger partial charge in [0.25, 0.3) is 11.7 Å². The van der Waals surface area contributed by atoms with Crippen molar-refractivity contribution in [1.82, 2.24) is 0 Å². The molecule has 0 aliphatic carbocycles. The molecule has 9 heteroatoms. The topological polar surface area (TPSA) is 64.6 Å². The maximum Gasteiger partial charge on any atom is 0.335 e. The molecule has 0 saturated carbocycles. The van der Waals surface area contributed by atoms with E-state index in [1.807, 2.05) is 0 Å². The molecule has 0 radical (unpaired) electrons. The monoisotopic (exact) mass is 429 g/mol. The van der Waals surface area contributed by atoms with Gasteiger partial charge in [-0.15, -0.1) is 0 Å². The van der Waals surface area contributed by atoms with Crippen LogP contribution in [0.4, 0.5) is 14.5 Å². The Kier molecular flexibility index (Phi) is 8.63. The Labute approximate surface area is 167 Å². The minimum Gasteiger partial charge on any atom is -0.322 e. The van der Waals surface area contributed by atoms with Crippen LogP contribution in [0.3, 0.4) is 0 Å². The molecule has 0 fully saturated rings. The molecule has 0 heterocycles. The molecular weight excluding hydrogens is 407 g/mol. The zero-order chi connectivity index (χ0) is 20.6. The highest BCUT2D eigenvalue weighted by Gasteiger charge is 2.23. The first-order valence-corrected chi connectivity index (χ1v) is 11.3. The van der Waals surface area contributed by atoms with Crippen molar-refractivity contribution in [3.05, 3.63) is 59.7 Å². The third kappa shape index (κ3) is 7.02. The van der Waals surface area contributed by atoms with Gasteiger partial charge in [0.15, 0.2) is 0 Å². The summed E-state index contributed by atoms with van der Waals surface area (Å²) in [5, 5.41) is 2.71. The summed E-state index contributed by atoms with van der Waals surface area (Å²) in [6.45, 7) is 4.07. The Morgan fingerprint density at radius 1 is 1.11 bits per heavy atom. The number of carbonyl (C=O) groups excluding carboxylic acids is 1. The predicted octanol–water partition coefficient (Wildman–Crippen LogP) is 6.02. The highest BCUT2D eigenvalue weighted by atomic mass is 32.2. The van der Waals surface area contributed by atoms with E-state index in [-0.39, 0.29) is 24.9 Å². The largest absolute Gasteiger partial charge is 0.335 e. The normalized spacial score (nSPS) is 11.6. The molecule has 2 aromatic rings. The number of nitrogens with one attached hydrogen (secondary N) is 1. The first-order chi connectivity index (χ1) is 13.3.